The Labute approximate surface area is 101 Å². The second-order valence-corrected chi connectivity index (χ2v) is 4.89. The first-order valence-corrected chi connectivity index (χ1v) is 5.96. The Bertz CT molecular complexity index is 500. The summed E-state index contributed by atoms with van der Waals surface area (Å²) in [6.07, 6.45) is 0. The number of aromatic amines is 1. The fraction of sp³-hybridized carbons (Fsp3) is 0.385. The molecule has 0 bridgehead atoms. The summed E-state index contributed by atoms with van der Waals surface area (Å²) in [5.74, 6) is 0. The first kappa shape index (κ1) is 11.5. The number of benzene rings is 1. The average Bonchev–Trinajstić information content (AvgIpc) is 2.53. The molecule has 3 heteroatoms. The molecule has 0 aliphatic carbocycles. The fourth-order valence-corrected chi connectivity index (χ4v) is 2.01. The maximum Gasteiger partial charge on any atom is 0.0460 e. The number of fused-ring (bicyclic) bond motifs is 1. The van der Waals surface area contributed by atoms with Gasteiger partial charge in [0.1, 0.15) is 0 Å². The van der Waals surface area contributed by atoms with Gasteiger partial charge in [-0.3, -0.25) is 0 Å². The van der Waals surface area contributed by atoms with Gasteiger partial charge in [-0.25, -0.2) is 0 Å². The van der Waals surface area contributed by atoms with E-state index in [1.807, 2.05) is 18.2 Å². The Morgan fingerprint density at radius 1 is 1.38 bits per heavy atom. The monoisotopic (exact) mass is 236 g/mol. The van der Waals surface area contributed by atoms with E-state index in [1.165, 1.54) is 16.6 Å². The van der Waals surface area contributed by atoms with Gasteiger partial charge in [-0.05, 0) is 30.7 Å². The van der Waals surface area contributed by atoms with Crippen LogP contribution in [0.15, 0.2) is 18.2 Å². The van der Waals surface area contributed by atoms with Crippen molar-refractivity contribution in [2.75, 3.05) is 0 Å². The van der Waals surface area contributed by atoms with Crippen LogP contribution in [-0.2, 0) is 6.54 Å². The summed E-state index contributed by atoms with van der Waals surface area (Å²) in [4.78, 5) is 3.43. The molecule has 2 rings (SSSR count). The van der Waals surface area contributed by atoms with Gasteiger partial charge in [0.15, 0.2) is 0 Å². The smallest absolute Gasteiger partial charge is 0.0460 e. The van der Waals surface area contributed by atoms with Gasteiger partial charge >= 0.3 is 0 Å². The van der Waals surface area contributed by atoms with Gasteiger partial charge in [-0.2, -0.15) is 0 Å². The first-order valence-electron chi connectivity index (χ1n) is 5.58. The number of rotatable bonds is 3. The molecule has 2 nitrogen and oxygen atoms in total. The van der Waals surface area contributed by atoms with Crippen molar-refractivity contribution in [2.24, 2.45) is 0 Å². The second-order valence-electron chi connectivity index (χ2n) is 4.45. The lowest BCUT2D eigenvalue weighted by molar-refractivity contribution is 0.582. The molecule has 86 valence electrons. The zero-order valence-corrected chi connectivity index (χ0v) is 10.7. The van der Waals surface area contributed by atoms with Gasteiger partial charge in [0.05, 0.1) is 0 Å². The molecule has 0 aliphatic heterocycles. The van der Waals surface area contributed by atoms with Crippen LogP contribution in [0.3, 0.4) is 0 Å². The van der Waals surface area contributed by atoms with Gasteiger partial charge < -0.3 is 10.3 Å². The van der Waals surface area contributed by atoms with Crippen LogP contribution in [0.4, 0.5) is 0 Å². The van der Waals surface area contributed by atoms with E-state index in [1.54, 1.807) is 0 Å². The van der Waals surface area contributed by atoms with Crippen molar-refractivity contribution in [1.82, 2.24) is 10.3 Å². The van der Waals surface area contributed by atoms with Crippen LogP contribution >= 0.6 is 11.6 Å². The van der Waals surface area contributed by atoms with E-state index in [2.05, 4.69) is 31.1 Å². The van der Waals surface area contributed by atoms with Crippen LogP contribution in [0.2, 0.25) is 5.02 Å². The summed E-state index contributed by atoms with van der Waals surface area (Å²) in [7, 11) is 0. The molecule has 0 amide bonds. The lowest BCUT2D eigenvalue weighted by atomic mass is 10.1. The number of hydrogen-bond donors (Lipinski definition) is 2. The van der Waals surface area contributed by atoms with E-state index in [4.69, 9.17) is 11.6 Å². The lowest BCUT2D eigenvalue weighted by Crippen LogP contribution is -2.22. The van der Waals surface area contributed by atoms with Crippen molar-refractivity contribution in [2.45, 2.75) is 33.4 Å². The van der Waals surface area contributed by atoms with Crippen LogP contribution in [0.25, 0.3) is 10.9 Å². The third-order valence-corrected chi connectivity index (χ3v) is 3.05. The van der Waals surface area contributed by atoms with Gasteiger partial charge in [-0.15, -0.1) is 0 Å². The maximum atomic E-state index is 6.00. The second kappa shape index (κ2) is 4.48. The third kappa shape index (κ3) is 2.23. The SMILES string of the molecule is Cc1c(CNC(C)C)[nH]c2ccc(Cl)cc12. The van der Waals surface area contributed by atoms with Crippen molar-refractivity contribution in [1.29, 1.82) is 0 Å². The molecule has 0 spiro atoms. The molecular formula is C13H17ClN2. The summed E-state index contributed by atoms with van der Waals surface area (Å²) in [6, 6.07) is 6.46. The van der Waals surface area contributed by atoms with E-state index in [-0.39, 0.29) is 0 Å². The van der Waals surface area contributed by atoms with E-state index in [9.17, 15) is 0 Å². The summed E-state index contributed by atoms with van der Waals surface area (Å²) in [6.45, 7) is 7.30. The molecule has 2 N–H and O–H groups in total. The van der Waals surface area contributed by atoms with E-state index in [0.717, 1.165) is 17.1 Å². The van der Waals surface area contributed by atoms with Crippen LogP contribution < -0.4 is 5.32 Å². The first-order chi connectivity index (χ1) is 7.58. The highest BCUT2D eigenvalue weighted by molar-refractivity contribution is 6.31. The minimum Gasteiger partial charge on any atom is -0.357 e. The Morgan fingerprint density at radius 2 is 2.12 bits per heavy atom. The Hall–Kier alpha value is -0.990. The van der Waals surface area contributed by atoms with Crippen LogP contribution in [0.1, 0.15) is 25.1 Å². The highest BCUT2D eigenvalue weighted by Gasteiger charge is 2.07. The minimum absolute atomic E-state index is 0.495. The summed E-state index contributed by atoms with van der Waals surface area (Å²) < 4.78 is 0. The Kier molecular flexibility index (Phi) is 3.22. The third-order valence-electron chi connectivity index (χ3n) is 2.81. The summed E-state index contributed by atoms with van der Waals surface area (Å²) in [5, 5.41) is 5.42. The van der Waals surface area contributed by atoms with Crippen LogP contribution in [-0.4, -0.2) is 11.0 Å². The predicted molar refractivity (Wildman–Crippen MR) is 70.0 cm³/mol. The van der Waals surface area contributed by atoms with Crippen molar-refractivity contribution < 1.29 is 0 Å². The van der Waals surface area contributed by atoms with Gasteiger partial charge in [-0.1, -0.05) is 25.4 Å². The molecule has 0 saturated heterocycles. The molecule has 1 heterocycles. The molecule has 0 saturated carbocycles. The number of halogens is 1. The Balaban J connectivity index is 2.36. The zero-order valence-electron chi connectivity index (χ0n) is 9.89. The largest absolute Gasteiger partial charge is 0.357 e. The molecule has 2 aromatic rings. The Morgan fingerprint density at radius 3 is 2.81 bits per heavy atom. The molecular weight excluding hydrogens is 220 g/mol. The molecule has 0 fully saturated rings. The van der Waals surface area contributed by atoms with E-state index < -0.39 is 0 Å². The number of aryl methyl sites for hydroxylation is 1. The number of aromatic nitrogens is 1. The minimum atomic E-state index is 0.495. The molecule has 1 aromatic carbocycles. The normalized spacial score (nSPS) is 11.6. The molecule has 0 atom stereocenters. The zero-order chi connectivity index (χ0) is 11.7. The van der Waals surface area contributed by atoms with Gasteiger partial charge in [0.25, 0.3) is 0 Å². The molecule has 0 unspecified atom stereocenters. The highest BCUT2D eigenvalue weighted by atomic mass is 35.5. The molecule has 16 heavy (non-hydrogen) atoms. The highest BCUT2D eigenvalue weighted by Crippen LogP contribution is 2.24. The maximum absolute atomic E-state index is 6.00. The van der Waals surface area contributed by atoms with Crippen molar-refractivity contribution in [3.05, 3.63) is 34.5 Å². The van der Waals surface area contributed by atoms with Gasteiger partial charge in [0, 0.05) is 34.2 Å². The quantitative estimate of drug-likeness (QED) is 0.837. The van der Waals surface area contributed by atoms with Crippen molar-refractivity contribution >= 4 is 22.5 Å². The molecule has 0 radical (unpaired) electrons. The van der Waals surface area contributed by atoms with Crippen molar-refractivity contribution in [3.8, 4) is 0 Å². The van der Waals surface area contributed by atoms with E-state index in [0.29, 0.717) is 6.04 Å². The van der Waals surface area contributed by atoms with Crippen molar-refractivity contribution in [3.63, 3.8) is 0 Å². The number of nitrogens with one attached hydrogen (secondary N) is 2. The fourth-order valence-electron chi connectivity index (χ4n) is 1.84. The van der Waals surface area contributed by atoms with E-state index >= 15 is 0 Å². The average molecular weight is 237 g/mol. The molecule has 0 aliphatic rings. The summed E-state index contributed by atoms with van der Waals surface area (Å²) in [5.41, 5.74) is 3.68. The predicted octanol–water partition coefficient (Wildman–Crippen LogP) is 3.63. The summed E-state index contributed by atoms with van der Waals surface area (Å²) >= 11 is 6.00. The topological polar surface area (TPSA) is 27.8 Å². The standard InChI is InChI=1S/C13H17ClN2/c1-8(2)15-7-13-9(3)11-6-10(14)4-5-12(11)16-13/h4-6,8,15-16H,7H2,1-3H3. The number of hydrogen-bond acceptors (Lipinski definition) is 1. The molecule has 1 aromatic heterocycles. The lowest BCUT2D eigenvalue weighted by Gasteiger charge is -2.07. The van der Waals surface area contributed by atoms with Crippen LogP contribution in [0.5, 0.6) is 0 Å². The van der Waals surface area contributed by atoms with Crippen LogP contribution in [0, 0.1) is 6.92 Å². The number of H-pyrrole nitrogens is 1. The van der Waals surface area contributed by atoms with Gasteiger partial charge in [0.2, 0.25) is 0 Å².